The van der Waals surface area contributed by atoms with Gasteiger partial charge >= 0.3 is 6.18 Å². The normalized spacial score (nSPS) is 20.2. The molecule has 146 valence electrons. The summed E-state index contributed by atoms with van der Waals surface area (Å²) in [5.74, 6) is -0.0949. The van der Waals surface area contributed by atoms with E-state index in [2.05, 4.69) is 15.5 Å². The molecule has 0 radical (unpaired) electrons. The lowest BCUT2D eigenvalue weighted by atomic mass is 9.92. The second kappa shape index (κ2) is 6.39. The Bertz CT molecular complexity index is 1040. The molecule has 0 aliphatic carbocycles. The number of rotatable bonds is 3. The molecule has 0 spiro atoms. The van der Waals surface area contributed by atoms with Crippen molar-refractivity contribution in [2.24, 2.45) is 5.73 Å². The first-order valence-corrected chi connectivity index (χ1v) is 8.64. The Morgan fingerprint density at radius 3 is 2.82 bits per heavy atom. The highest BCUT2D eigenvalue weighted by Gasteiger charge is 2.40. The van der Waals surface area contributed by atoms with Crippen molar-refractivity contribution < 1.29 is 18.0 Å². The molecule has 2 aliphatic heterocycles. The molecule has 1 atom stereocenters. The maximum Gasteiger partial charge on any atom is 0.433 e. The fourth-order valence-corrected chi connectivity index (χ4v) is 3.67. The number of hydrogen-bond acceptors (Lipinski definition) is 5. The summed E-state index contributed by atoms with van der Waals surface area (Å²) in [5.41, 5.74) is 6.00. The van der Waals surface area contributed by atoms with Crippen LogP contribution >= 0.6 is 0 Å². The molecule has 1 unspecified atom stereocenters. The van der Waals surface area contributed by atoms with Gasteiger partial charge in [0, 0.05) is 41.4 Å². The predicted molar refractivity (Wildman–Crippen MR) is 98.5 cm³/mol. The monoisotopic (exact) mass is 390 g/mol. The van der Waals surface area contributed by atoms with Gasteiger partial charge in [0.2, 0.25) is 5.91 Å². The molecule has 5 N–H and O–H groups in total. The summed E-state index contributed by atoms with van der Waals surface area (Å²) in [5, 5.41) is 18.1. The summed E-state index contributed by atoms with van der Waals surface area (Å²) in [6.45, 7) is 0.476. The van der Waals surface area contributed by atoms with Crippen LogP contribution in [0.5, 0.6) is 0 Å². The molecule has 1 amide bonds. The third kappa shape index (κ3) is 2.81. The Morgan fingerprint density at radius 1 is 1.39 bits per heavy atom. The van der Waals surface area contributed by atoms with Gasteiger partial charge in [-0.2, -0.15) is 18.3 Å². The van der Waals surface area contributed by atoms with Crippen LogP contribution in [0.2, 0.25) is 0 Å². The third-order valence-electron chi connectivity index (χ3n) is 4.97. The molecule has 10 heteroatoms. The number of carbonyl (C=O) groups excluding carboxylic acids is 1. The van der Waals surface area contributed by atoms with Crippen LogP contribution in [-0.2, 0) is 4.79 Å². The van der Waals surface area contributed by atoms with E-state index in [1.807, 2.05) is 0 Å². The number of nitrogens with one attached hydrogen (secondary N) is 3. The van der Waals surface area contributed by atoms with Gasteiger partial charge in [-0.25, -0.2) is 0 Å². The van der Waals surface area contributed by atoms with E-state index < -0.39 is 23.5 Å². The van der Waals surface area contributed by atoms with Crippen molar-refractivity contribution in [3.63, 3.8) is 0 Å². The summed E-state index contributed by atoms with van der Waals surface area (Å²) in [6.07, 6.45) is 0.139. The van der Waals surface area contributed by atoms with Crippen LogP contribution in [0.1, 0.15) is 18.4 Å². The number of nitrogens with two attached hydrogens (primary N) is 1. The average molecular weight is 390 g/mol. The Balaban J connectivity index is 1.87. The second-order valence-electron chi connectivity index (χ2n) is 6.64. The number of aromatic nitrogens is 2. The van der Waals surface area contributed by atoms with Crippen LogP contribution in [0.25, 0.3) is 16.6 Å². The van der Waals surface area contributed by atoms with Crippen LogP contribution in [-0.4, -0.2) is 45.5 Å². The van der Waals surface area contributed by atoms with Gasteiger partial charge in [0.25, 0.3) is 0 Å². The number of H-pyrrole nitrogens is 1. The van der Waals surface area contributed by atoms with Crippen molar-refractivity contribution in [3.8, 4) is 0 Å². The molecule has 7 nitrogen and oxygen atoms in total. The van der Waals surface area contributed by atoms with E-state index >= 15 is 0 Å². The van der Waals surface area contributed by atoms with Crippen molar-refractivity contribution in [2.45, 2.75) is 25.1 Å². The maximum absolute atomic E-state index is 13.1. The Morgan fingerprint density at radius 2 is 2.18 bits per heavy atom. The van der Waals surface area contributed by atoms with Gasteiger partial charge in [-0.3, -0.25) is 15.3 Å². The van der Waals surface area contributed by atoms with Crippen molar-refractivity contribution in [3.05, 3.63) is 41.7 Å². The molecule has 28 heavy (non-hydrogen) atoms. The van der Waals surface area contributed by atoms with Gasteiger partial charge in [-0.15, -0.1) is 0 Å². The van der Waals surface area contributed by atoms with Gasteiger partial charge in [0.05, 0.1) is 23.5 Å². The minimum absolute atomic E-state index is 0.0949. The van der Waals surface area contributed by atoms with Crippen LogP contribution < -0.4 is 11.1 Å². The van der Waals surface area contributed by atoms with Crippen LogP contribution in [0.4, 0.5) is 18.9 Å². The van der Waals surface area contributed by atoms with Gasteiger partial charge in [0.1, 0.15) is 5.71 Å². The first-order chi connectivity index (χ1) is 13.3. The number of hydrogen-bond donors (Lipinski definition) is 4. The number of nitrogens with zero attached hydrogens (tertiary/aromatic N) is 2. The molecule has 1 fully saturated rings. The zero-order chi connectivity index (χ0) is 20.1. The van der Waals surface area contributed by atoms with E-state index in [1.54, 1.807) is 23.2 Å². The number of amides is 1. The highest BCUT2D eigenvalue weighted by molar-refractivity contribution is 6.07. The first-order valence-electron chi connectivity index (χ1n) is 8.64. The highest BCUT2D eigenvalue weighted by atomic mass is 19.4. The summed E-state index contributed by atoms with van der Waals surface area (Å²) in [4.78, 5) is 14.0. The highest BCUT2D eigenvalue weighted by Crippen LogP contribution is 2.40. The van der Waals surface area contributed by atoms with Crippen LogP contribution in [0.15, 0.2) is 36.2 Å². The Labute approximate surface area is 157 Å². The largest absolute Gasteiger partial charge is 0.433 e. The fraction of sp³-hybridized carbons (Fsp3) is 0.278. The molecule has 1 aromatic heterocycles. The molecule has 0 bridgehead atoms. The van der Waals surface area contributed by atoms with Gasteiger partial charge in [-0.1, -0.05) is 0 Å². The van der Waals surface area contributed by atoms with E-state index in [1.165, 1.54) is 6.08 Å². The summed E-state index contributed by atoms with van der Waals surface area (Å²) >= 11 is 0. The van der Waals surface area contributed by atoms with E-state index in [4.69, 9.17) is 11.1 Å². The number of anilines is 1. The van der Waals surface area contributed by atoms with E-state index in [0.717, 1.165) is 17.1 Å². The summed E-state index contributed by atoms with van der Waals surface area (Å²) in [6, 6.07) is 2.46. The van der Waals surface area contributed by atoms with Crippen LogP contribution in [0, 0.1) is 5.41 Å². The fourth-order valence-electron chi connectivity index (χ4n) is 3.67. The van der Waals surface area contributed by atoms with E-state index in [0.29, 0.717) is 36.3 Å². The first kappa shape index (κ1) is 18.1. The van der Waals surface area contributed by atoms with Crippen molar-refractivity contribution in [2.75, 3.05) is 11.9 Å². The summed E-state index contributed by atoms with van der Waals surface area (Å²) in [7, 11) is 0. The molecule has 1 aromatic carbocycles. The lowest BCUT2D eigenvalue weighted by Gasteiger charge is -2.32. The molecule has 2 aliphatic rings. The topological polar surface area (TPSA) is 111 Å². The maximum atomic E-state index is 13.1. The average Bonchev–Trinajstić information content (AvgIpc) is 3.29. The quantitative estimate of drug-likeness (QED) is 0.604. The Kier molecular flexibility index (Phi) is 4.13. The molecule has 0 saturated carbocycles. The lowest BCUT2D eigenvalue weighted by Crippen LogP contribution is -2.37. The second-order valence-corrected chi connectivity index (χ2v) is 6.64. The van der Waals surface area contributed by atoms with Crippen molar-refractivity contribution >= 4 is 33.9 Å². The molecule has 4 rings (SSSR count). The van der Waals surface area contributed by atoms with Gasteiger partial charge < -0.3 is 16.0 Å². The number of fused-ring (bicyclic) bond motifs is 3. The number of benzene rings is 1. The zero-order valence-corrected chi connectivity index (χ0v) is 14.6. The van der Waals surface area contributed by atoms with Crippen molar-refractivity contribution in [1.29, 1.82) is 5.41 Å². The van der Waals surface area contributed by atoms with Gasteiger partial charge in [0.15, 0.2) is 0 Å². The van der Waals surface area contributed by atoms with Crippen molar-refractivity contribution in [1.82, 2.24) is 15.1 Å². The number of likely N-dealkylation sites (tertiary alicyclic amines) is 1. The molecular formula is C18H17F3N6O. The summed E-state index contributed by atoms with van der Waals surface area (Å²) < 4.78 is 39.4. The molecule has 3 heterocycles. The number of aromatic amines is 1. The number of alkyl halides is 3. The Hall–Kier alpha value is -3.30. The van der Waals surface area contributed by atoms with Gasteiger partial charge in [-0.05, 0) is 24.6 Å². The minimum Gasteiger partial charge on any atom is -0.404 e. The number of halogens is 3. The standard InChI is InChI=1S/C18H17F3N6O/c19-18(20,21)17(23)9(7-22)13-6-14(27-5-1-2-15(27)28)16-10-8-24-26-11(10)3-4-12(16)25-13/h3-4,6-8,13,23,25H,1-2,5,22H2,(H,24,26)/b9-7-,23-17?. The SMILES string of the molecule is N=C(/C(=C\N)C1C=C(N2CCCC2=O)c2c(ccc3[nH]ncc23)N1)C(F)(F)F. The molecule has 1 saturated heterocycles. The van der Waals surface area contributed by atoms with Crippen LogP contribution in [0.3, 0.4) is 0 Å². The number of carbonyl (C=O) groups is 1. The third-order valence-corrected chi connectivity index (χ3v) is 4.97. The molecular weight excluding hydrogens is 373 g/mol. The zero-order valence-electron chi connectivity index (χ0n) is 14.6. The smallest absolute Gasteiger partial charge is 0.404 e. The molecule has 2 aromatic rings. The minimum atomic E-state index is -4.83. The van der Waals surface area contributed by atoms with E-state index in [-0.39, 0.29) is 5.91 Å². The lowest BCUT2D eigenvalue weighted by molar-refractivity contribution is -0.124. The predicted octanol–water partition coefficient (Wildman–Crippen LogP) is 2.74. The van der Waals surface area contributed by atoms with E-state index in [9.17, 15) is 18.0 Å².